The maximum Gasteiger partial charge on any atom is 0.333 e. The van der Waals surface area contributed by atoms with Crippen LogP contribution in [-0.4, -0.2) is 6.85 Å². The van der Waals surface area contributed by atoms with Crippen LogP contribution >= 0.6 is 0 Å². The van der Waals surface area contributed by atoms with Gasteiger partial charge in [0.25, 0.3) is 0 Å². The first-order valence-corrected chi connectivity index (χ1v) is 17.2. The van der Waals surface area contributed by atoms with Crippen molar-refractivity contribution < 1.29 is 4.74 Å². The highest BCUT2D eigenvalue weighted by atomic mass is 16.5. The molecular formula is C46H29BN2O. The summed E-state index contributed by atoms with van der Waals surface area (Å²) in [5.41, 5.74) is 15.6. The number of anilines is 5. The first-order chi connectivity index (χ1) is 24.8. The van der Waals surface area contributed by atoms with Gasteiger partial charge in [-0.2, -0.15) is 0 Å². The molecule has 0 aromatic heterocycles. The molecule has 0 bridgehead atoms. The van der Waals surface area contributed by atoms with Crippen LogP contribution in [0.2, 0.25) is 0 Å². The van der Waals surface area contributed by atoms with E-state index in [2.05, 4.69) is 186 Å². The minimum Gasteiger partial charge on any atom is -0.453 e. The van der Waals surface area contributed by atoms with Gasteiger partial charge in [-0.3, -0.25) is 0 Å². The molecule has 3 heterocycles. The van der Waals surface area contributed by atoms with Crippen molar-refractivity contribution >= 4 is 57.0 Å². The third-order valence-corrected chi connectivity index (χ3v) is 10.6. The fourth-order valence-electron chi connectivity index (χ4n) is 8.37. The fourth-order valence-corrected chi connectivity index (χ4v) is 8.37. The molecule has 0 saturated carbocycles. The summed E-state index contributed by atoms with van der Waals surface area (Å²) >= 11 is 0. The molecule has 0 aliphatic carbocycles. The quantitative estimate of drug-likeness (QED) is 0.180. The Labute approximate surface area is 291 Å². The lowest BCUT2D eigenvalue weighted by atomic mass is 9.43. The topological polar surface area (TPSA) is 15.7 Å². The van der Waals surface area contributed by atoms with Gasteiger partial charge in [0.15, 0.2) is 11.5 Å². The van der Waals surface area contributed by atoms with E-state index in [0.717, 1.165) is 28.6 Å². The predicted octanol–water partition coefficient (Wildman–Crippen LogP) is 11.0. The number of hydrogen-bond acceptors (Lipinski definition) is 3. The summed E-state index contributed by atoms with van der Waals surface area (Å²) < 4.78 is 6.67. The van der Waals surface area contributed by atoms with Crippen molar-refractivity contribution in [1.82, 2.24) is 0 Å². The van der Waals surface area contributed by atoms with E-state index in [1.807, 2.05) is 0 Å². The molecule has 0 radical (unpaired) electrons. The molecule has 0 spiro atoms. The number of ether oxygens (including phenoxy) is 1. The van der Waals surface area contributed by atoms with E-state index >= 15 is 0 Å². The van der Waals surface area contributed by atoms with Gasteiger partial charge in [-0.1, -0.05) is 121 Å². The number of nitrogens with zero attached hydrogens (tertiary/aromatic N) is 2. The Bertz CT molecular complexity index is 2640. The van der Waals surface area contributed by atoms with Gasteiger partial charge in [-0.05, 0) is 104 Å². The minimum atomic E-state index is -0.0823. The van der Waals surface area contributed by atoms with Crippen molar-refractivity contribution in [2.75, 3.05) is 9.71 Å². The average Bonchev–Trinajstić information content (AvgIpc) is 3.19. The Hall–Kier alpha value is -6.52. The fraction of sp³-hybridized carbons (Fsp3) is 0. The van der Waals surface area contributed by atoms with Crippen LogP contribution < -0.4 is 25.4 Å². The highest BCUT2D eigenvalue weighted by Gasteiger charge is 2.47. The normalized spacial score (nSPS) is 13.2. The van der Waals surface area contributed by atoms with E-state index in [1.165, 1.54) is 66.5 Å². The van der Waals surface area contributed by atoms with E-state index in [0.29, 0.717) is 0 Å². The van der Waals surface area contributed by atoms with Crippen LogP contribution in [0.3, 0.4) is 0 Å². The zero-order chi connectivity index (χ0) is 32.8. The number of rotatable bonds is 3. The van der Waals surface area contributed by atoms with Crippen molar-refractivity contribution in [3.8, 4) is 44.9 Å². The summed E-state index contributed by atoms with van der Waals surface area (Å²) in [6.45, 7) is -0.0823. The molecule has 0 saturated heterocycles. The molecule has 3 aliphatic rings. The maximum absolute atomic E-state index is 6.67. The van der Waals surface area contributed by atoms with Gasteiger partial charge in [-0.25, -0.2) is 0 Å². The number of hydrogen-bond donors (Lipinski definition) is 0. The predicted molar refractivity (Wildman–Crippen MR) is 209 cm³/mol. The summed E-state index contributed by atoms with van der Waals surface area (Å²) in [5.74, 6) is 1.74. The van der Waals surface area contributed by atoms with Crippen molar-refractivity contribution in [2.45, 2.75) is 0 Å². The molecule has 8 aromatic rings. The zero-order valence-corrected chi connectivity index (χ0v) is 27.1. The summed E-state index contributed by atoms with van der Waals surface area (Å²) in [6, 6.07) is 63.8. The molecular weight excluding hydrogens is 607 g/mol. The summed E-state index contributed by atoms with van der Waals surface area (Å²) in [7, 11) is 0. The van der Waals surface area contributed by atoms with Crippen LogP contribution in [0, 0.1) is 0 Å². The van der Waals surface area contributed by atoms with Crippen LogP contribution in [0.1, 0.15) is 0 Å². The van der Waals surface area contributed by atoms with Crippen molar-refractivity contribution in [3.63, 3.8) is 0 Å². The van der Waals surface area contributed by atoms with Crippen LogP contribution in [-0.2, 0) is 0 Å². The van der Waals surface area contributed by atoms with Gasteiger partial charge in [-0.15, -0.1) is 0 Å². The first kappa shape index (κ1) is 27.4. The lowest BCUT2D eigenvalue weighted by Gasteiger charge is -2.47. The largest absolute Gasteiger partial charge is 0.453 e. The SMILES string of the molecule is c1ccc(-c2ccc(N3B4c5cccc6c5N(c5ccccc5O6)c5cc(-c6ccccc6)cc(c54)-c4cc5ccccc5cc43)cc2)cc1. The number of benzene rings is 8. The first-order valence-electron chi connectivity index (χ1n) is 17.2. The molecule has 0 amide bonds. The molecule has 3 aliphatic heterocycles. The third kappa shape index (κ3) is 3.93. The van der Waals surface area contributed by atoms with Crippen LogP contribution in [0.15, 0.2) is 176 Å². The molecule has 4 heteroatoms. The average molecular weight is 637 g/mol. The second kappa shape index (κ2) is 10.5. The molecule has 8 aromatic carbocycles. The summed E-state index contributed by atoms with van der Waals surface area (Å²) in [4.78, 5) is 5.02. The lowest BCUT2D eigenvalue weighted by Crippen LogP contribution is -2.61. The van der Waals surface area contributed by atoms with Crippen LogP contribution in [0.5, 0.6) is 11.5 Å². The monoisotopic (exact) mass is 636 g/mol. The Morgan fingerprint density at radius 2 is 1.06 bits per heavy atom. The maximum atomic E-state index is 6.67. The van der Waals surface area contributed by atoms with Crippen molar-refractivity contribution in [1.29, 1.82) is 0 Å². The molecule has 50 heavy (non-hydrogen) atoms. The molecule has 3 nitrogen and oxygen atoms in total. The van der Waals surface area contributed by atoms with Gasteiger partial charge in [0, 0.05) is 22.6 Å². The van der Waals surface area contributed by atoms with Gasteiger partial charge in [0.2, 0.25) is 0 Å². The zero-order valence-electron chi connectivity index (χ0n) is 27.1. The van der Waals surface area contributed by atoms with E-state index < -0.39 is 0 Å². The lowest BCUT2D eigenvalue weighted by molar-refractivity contribution is 0.477. The van der Waals surface area contributed by atoms with Crippen molar-refractivity contribution in [2.24, 2.45) is 0 Å². The Balaban J connectivity index is 1.25. The van der Waals surface area contributed by atoms with Crippen LogP contribution in [0.4, 0.5) is 28.4 Å². The molecule has 0 N–H and O–H groups in total. The second-order valence-corrected chi connectivity index (χ2v) is 13.3. The van der Waals surface area contributed by atoms with Crippen molar-refractivity contribution in [3.05, 3.63) is 176 Å². The highest BCUT2D eigenvalue weighted by Crippen LogP contribution is 2.54. The minimum absolute atomic E-state index is 0.0823. The summed E-state index contributed by atoms with van der Waals surface area (Å²) in [6.07, 6.45) is 0. The highest BCUT2D eigenvalue weighted by molar-refractivity contribution is 6.93. The summed E-state index contributed by atoms with van der Waals surface area (Å²) in [5, 5.41) is 2.46. The number of para-hydroxylation sites is 3. The van der Waals surface area contributed by atoms with Gasteiger partial charge in [0.05, 0.1) is 11.4 Å². The Morgan fingerprint density at radius 3 is 1.84 bits per heavy atom. The van der Waals surface area contributed by atoms with Gasteiger partial charge < -0.3 is 14.4 Å². The van der Waals surface area contributed by atoms with E-state index in [9.17, 15) is 0 Å². The van der Waals surface area contributed by atoms with E-state index in [1.54, 1.807) is 0 Å². The van der Waals surface area contributed by atoms with E-state index in [4.69, 9.17) is 4.74 Å². The number of fused-ring (bicyclic) bond motifs is 7. The molecule has 0 fully saturated rings. The van der Waals surface area contributed by atoms with Gasteiger partial charge in [0.1, 0.15) is 0 Å². The Morgan fingerprint density at radius 1 is 0.420 bits per heavy atom. The standard InChI is InChI=1S/C46H29BN2O/c1-3-12-30(13-4-1)32-22-24-36(25-23-32)49-41-28-34-17-8-7-16-33(34)26-37(41)38-27-35(31-14-5-2-6-15-31)29-42-45(38)47(49)39-18-11-21-44-46(39)48(42)40-19-9-10-20-43(40)50-44/h1-29H. The van der Waals surface area contributed by atoms with Gasteiger partial charge >= 0.3 is 6.85 Å². The molecule has 232 valence electrons. The van der Waals surface area contributed by atoms with E-state index in [-0.39, 0.29) is 6.85 Å². The molecule has 0 atom stereocenters. The third-order valence-electron chi connectivity index (χ3n) is 10.6. The van der Waals surface area contributed by atoms with Crippen LogP contribution in [0.25, 0.3) is 44.2 Å². The molecule has 0 unspecified atom stereocenters. The second-order valence-electron chi connectivity index (χ2n) is 13.3. The smallest absolute Gasteiger partial charge is 0.333 e. The molecule has 11 rings (SSSR count). The Kier molecular flexibility index (Phi) is 5.76.